The van der Waals surface area contributed by atoms with Crippen molar-refractivity contribution in [2.45, 2.75) is 36.1 Å². The van der Waals surface area contributed by atoms with Gasteiger partial charge in [-0.2, -0.15) is 0 Å². The molecular weight excluding hydrogens is 221 g/mol. The van der Waals surface area contributed by atoms with E-state index in [1.807, 2.05) is 0 Å². The van der Waals surface area contributed by atoms with Crippen LogP contribution in [-0.2, 0) is 0 Å². The van der Waals surface area contributed by atoms with E-state index in [9.17, 15) is 0 Å². The van der Waals surface area contributed by atoms with Gasteiger partial charge in [0, 0.05) is 6.54 Å². The van der Waals surface area contributed by atoms with Crippen molar-refractivity contribution in [2.24, 2.45) is 4.99 Å². The third-order valence-electron chi connectivity index (χ3n) is 2.72. The van der Waals surface area contributed by atoms with Crippen LogP contribution in [-0.4, -0.2) is 35.8 Å². The third-order valence-corrected chi connectivity index (χ3v) is 3.70. The van der Waals surface area contributed by atoms with Gasteiger partial charge < -0.3 is 10.6 Å². The van der Waals surface area contributed by atoms with E-state index in [-0.39, 0.29) is 16.8 Å². The Kier molecular flexibility index (Phi) is 3.39. The Balaban J connectivity index is 1.93. The second-order valence-electron chi connectivity index (χ2n) is 3.79. The summed E-state index contributed by atoms with van der Waals surface area (Å²) in [6.45, 7) is 1.75. The van der Waals surface area contributed by atoms with E-state index >= 15 is 0 Å². The van der Waals surface area contributed by atoms with Crippen molar-refractivity contribution in [1.29, 1.82) is 0 Å². The van der Waals surface area contributed by atoms with E-state index in [2.05, 4.69) is 15.6 Å². The van der Waals surface area contributed by atoms with Crippen LogP contribution in [0.25, 0.3) is 0 Å². The fraction of sp³-hybridized carbons (Fsp3) is 0.889. The third kappa shape index (κ3) is 2.26. The number of aliphatic imine (C=N–C) groups is 1. The van der Waals surface area contributed by atoms with Crippen LogP contribution in [0, 0.1) is 0 Å². The Hall–Kier alpha value is -0.150. The molecule has 0 radical (unpaired) electrons. The number of hydrogen-bond acceptors (Lipinski definition) is 3. The van der Waals surface area contributed by atoms with Crippen LogP contribution >= 0.6 is 23.2 Å². The van der Waals surface area contributed by atoms with Gasteiger partial charge in [-0.1, -0.05) is 6.42 Å². The molecule has 1 aliphatic heterocycles. The van der Waals surface area contributed by atoms with E-state index < -0.39 is 0 Å². The first-order chi connectivity index (χ1) is 6.77. The largest absolute Gasteiger partial charge is 0.355 e. The Bertz CT molecular complexity index is 222. The monoisotopic (exact) mass is 235 g/mol. The number of nitrogens with one attached hydrogen (secondary N) is 2. The first kappa shape index (κ1) is 10.4. The van der Waals surface area contributed by atoms with Crippen molar-refractivity contribution in [3.8, 4) is 0 Å². The summed E-state index contributed by atoms with van der Waals surface area (Å²) in [7, 11) is 0. The van der Waals surface area contributed by atoms with E-state index in [0.29, 0.717) is 0 Å². The molecular formula is C9H15Cl2N3. The molecule has 14 heavy (non-hydrogen) atoms. The van der Waals surface area contributed by atoms with E-state index in [0.717, 1.165) is 38.3 Å². The molecule has 2 unspecified atom stereocenters. The minimum atomic E-state index is 0.122. The molecule has 1 aliphatic carbocycles. The number of guanidine groups is 1. The quantitative estimate of drug-likeness (QED) is 0.673. The van der Waals surface area contributed by atoms with Gasteiger partial charge in [0.2, 0.25) is 0 Å². The first-order valence-electron chi connectivity index (χ1n) is 5.10. The fourth-order valence-corrected chi connectivity index (χ4v) is 2.79. The summed E-state index contributed by atoms with van der Waals surface area (Å²) in [4.78, 5) is 4.28. The molecule has 0 bridgehead atoms. The van der Waals surface area contributed by atoms with Crippen molar-refractivity contribution < 1.29 is 0 Å². The minimum absolute atomic E-state index is 0.122. The first-order valence-corrected chi connectivity index (χ1v) is 5.97. The number of nitrogens with zero attached hydrogens (tertiary/aromatic N) is 1. The van der Waals surface area contributed by atoms with Gasteiger partial charge in [0.05, 0.1) is 23.3 Å². The Morgan fingerprint density at radius 3 is 2.57 bits per heavy atom. The smallest absolute Gasteiger partial charge is 0.191 e. The molecule has 80 valence electrons. The van der Waals surface area contributed by atoms with E-state index in [4.69, 9.17) is 23.2 Å². The molecule has 2 aliphatic rings. The number of hydrogen-bond donors (Lipinski definition) is 2. The van der Waals surface area contributed by atoms with Crippen molar-refractivity contribution in [3.63, 3.8) is 0 Å². The highest BCUT2D eigenvalue weighted by Crippen LogP contribution is 2.27. The lowest BCUT2D eigenvalue weighted by molar-refractivity contribution is 0.425. The zero-order valence-electron chi connectivity index (χ0n) is 7.97. The van der Waals surface area contributed by atoms with Crippen LogP contribution in [0.15, 0.2) is 4.99 Å². The number of rotatable bonds is 1. The topological polar surface area (TPSA) is 36.4 Å². The maximum atomic E-state index is 6.23. The molecule has 3 nitrogen and oxygen atoms in total. The highest BCUT2D eigenvalue weighted by atomic mass is 35.5. The average molecular weight is 236 g/mol. The van der Waals surface area contributed by atoms with Gasteiger partial charge in [-0.25, -0.2) is 0 Å². The molecule has 0 aromatic carbocycles. The van der Waals surface area contributed by atoms with Gasteiger partial charge in [-0.3, -0.25) is 4.99 Å². The molecule has 0 aromatic heterocycles. The molecule has 0 spiro atoms. The highest BCUT2D eigenvalue weighted by molar-refractivity contribution is 6.25. The summed E-state index contributed by atoms with van der Waals surface area (Å²) in [5, 5.41) is 6.70. The van der Waals surface area contributed by atoms with E-state index in [1.165, 1.54) is 0 Å². The molecule has 2 atom stereocenters. The number of alkyl halides is 2. The predicted octanol–water partition coefficient (Wildman–Crippen LogP) is 1.30. The summed E-state index contributed by atoms with van der Waals surface area (Å²) in [5.74, 6) is 0.855. The second-order valence-corrected chi connectivity index (χ2v) is 4.91. The van der Waals surface area contributed by atoms with Crippen molar-refractivity contribution >= 4 is 29.2 Å². The van der Waals surface area contributed by atoms with Gasteiger partial charge in [-0.05, 0) is 12.8 Å². The Morgan fingerprint density at radius 2 is 2.00 bits per heavy atom. The maximum Gasteiger partial charge on any atom is 0.191 e. The van der Waals surface area contributed by atoms with Crippen LogP contribution in [0.5, 0.6) is 0 Å². The molecule has 2 rings (SSSR count). The van der Waals surface area contributed by atoms with Crippen LogP contribution < -0.4 is 10.6 Å². The van der Waals surface area contributed by atoms with Gasteiger partial charge in [-0.15, -0.1) is 23.2 Å². The summed E-state index contributed by atoms with van der Waals surface area (Å²) in [6.07, 6.45) is 3.20. The summed E-state index contributed by atoms with van der Waals surface area (Å²) < 4.78 is 0. The molecule has 2 N–H and O–H groups in total. The predicted molar refractivity (Wildman–Crippen MR) is 60.4 cm³/mol. The fourth-order valence-electron chi connectivity index (χ4n) is 1.93. The Morgan fingerprint density at radius 1 is 1.29 bits per heavy atom. The molecule has 5 heteroatoms. The highest BCUT2D eigenvalue weighted by Gasteiger charge is 2.31. The molecule has 0 amide bonds. The zero-order valence-corrected chi connectivity index (χ0v) is 9.48. The summed E-state index contributed by atoms with van der Waals surface area (Å²) >= 11 is 12.5. The van der Waals surface area contributed by atoms with Crippen LogP contribution in [0.1, 0.15) is 19.3 Å². The van der Waals surface area contributed by atoms with Crippen molar-refractivity contribution in [3.05, 3.63) is 0 Å². The average Bonchev–Trinajstić information content (AvgIpc) is 2.64. The van der Waals surface area contributed by atoms with Crippen molar-refractivity contribution in [2.75, 3.05) is 13.1 Å². The van der Waals surface area contributed by atoms with E-state index in [1.54, 1.807) is 0 Å². The molecule has 0 aromatic rings. The van der Waals surface area contributed by atoms with Crippen LogP contribution in [0.2, 0.25) is 0 Å². The summed E-state index contributed by atoms with van der Waals surface area (Å²) in [6, 6.07) is 0.149. The molecule has 1 fully saturated rings. The zero-order chi connectivity index (χ0) is 9.97. The number of halogens is 2. The summed E-state index contributed by atoms with van der Waals surface area (Å²) in [5.41, 5.74) is 0. The second kappa shape index (κ2) is 4.58. The van der Waals surface area contributed by atoms with Crippen LogP contribution in [0.3, 0.4) is 0 Å². The molecule has 0 saturated heterocycles. The minimum Gasteiger partial charge on any atom is -0.355 e. The molecule has 1 saturated carbocycles. The lowest BCUT2D eigenvalue weighted by Gasteiger charge is -2.32. The van der Waals surface area contributed by atoms with Gasteiger partial charge in [0.15, 0.2) is 5.96 Å². The lowest BCUT2D eigenvalue weighted by atomic mass is 9.94. The van der Waals surface area contributed by atoms with Gasteiger partial charge >= 0.3 is 0 Å². The Labute approximate surface area is 94.2 Å². The van der Waals surface area contributed by atoms with Crippen LogP contribution in [0.4, 0.5) is 0 Å². The standard InChI is InChI=1S/C9H15Cl2N3/c10-6-2-1-3-7(11)8(6)14-9-12-4-5-13-9/h6-8H,1-5H2,(H2,12,13,14). The SMILES string of the molecule is ClC1CCCC(Cl)C1NC1=NCCN1. The lowest BCUT2D eigenvalue weighted by Crippen LogP contribution is -2.51. The van der Waals surface area contributed by atoms with Crippen molar-refractivity contribution in [1.82, 2.24) is 10.6 Å². The molecule has 1 heterocycles. The van der Waals surface area contributed by atoms with Gasteiger partial charge in [0.1, 0.15) is 0 Å². The van der Waals surface area contributed by atoms with Gasteiger partial charge in [0.25, 0.3) is 0 Å². The normalized spacial score (nSPS) is 37.6. The maximum absolute atomic E-state index is 6.23.